The summed E-state index contributed by atoms with van der Waals surface area (Å²) >= 11 is 0. The lowest BCUT2D eigenvalue weighted by Gasteiger charge is -2.28. The quantitative estimate of drug-likeness (QED) is 0.0190. The summed E-state index contributed by atoms with van der Waals surface area (Å²) in [5.74, 6) is -11.2. The number of rotatable bonds is 46. The van der Waals surface area contributed by atoms with Gasteiger partial charge in [0.25, 0.3) is 0 Å². The van der Waals surface area contributed by atoms with E-state index >= 15 is 0 Å². The van der Waals surface area contributed by atoms with E-state index in [1.165, 1.54) is 24.3 Å². The fraction of sp³-hybridized carbons (Fsp3) is 0.500. The molecule has 11 atom stereocenters. The molecule has 13 amide bonds. The summed E-state index contributed by atoms with van der Waals surface area (Å²) in [4.78, 5) is 185. The van der Waals surface area contributed by atoms with Crippen molar-refractivity contribution in [2.75, 3.05) is 39.3 Å². The van der Waals surface area contributed by atoms with Gasteiger partial charge < -0.3 is 108 Å². The molecule has 5 rings (SSSR count). The number of aromatic amines is 2. The standard InChI is InChI=1S/C70H103N19O14/c1-5-39(3)21-26-59(93)82-55(33-57(75)91)68(101)85-52(30-41-22-24-44(90)25-23-41)65(98)87-53(31-42-35-77-47-16-9-7-14-45(42)47)66(99)84-51(20-13-29-73)64(97)83-49(18-11-27-71)62(95)80-38-60(94)81-50(19-12-28-72)63(96)86-54(32-43-36-78-48-17-10-8-15-46(43)48)67(100)88-56(34-74)69(102)89-61(40(4)6-2)70(103)79-37-58(76)92/h7-10,14-17,22-25,35-36,39-40,49-56,61,77-78,90H,5-6,11-13,18-21,26-34,37-38,71-74H2,1-4H3,(H2,75,91)(H2,76,92)(H,79,103)(H,80,95)(H,81,94)(H,82,93)(H,83,97)(H,84,99)(H,85,101)(H,86,96)(H,87,98)(H,88,100)(H,89,102)/t39?,40-,49-,50+,51+,52+,53+,54-,55+,56-,61-/m0/s1. The third-order valence-corrected chi connectivity index (χ3v) is 17.6. The van der Waals surface area contributed by atoms with E-state index in [1.807, 2.05) is 13.8 Å². The van der Waals surface area contributed by atoms with Crippen LogP contribution in [0.5, 0.6) is 5.75 Å². The molecule has 2 heterocycles. The number of aromatic nitrogens is 2. The van der Waals surface area contributed by atoms with Gasteiger partial charge in [0, 0.05) is 66.4 Å². The van der Waals surface area contributed by atoms with Gasteiger partial charge in [0.1, 0.15) is 60.1 Å². The maximum Gasteiger partial charge on any atom is 0.244 e. The van der Waals surface area contributed by atoms with E-state index in [-0.39, 0.29) is 95.5 Å². The molecule has 0 radical (unpaired) electrons. The Bertz CT molecular complexity index is 3690. The van der Waals surface area contributed by atoms with Crippen molar-refractivity contribution in [3.05, 3.63) is 102 Å². The lowest BCUT2D eigenvalue weighted by molar-refractivity contribution is -0.136. The number of nitrogens with two attached hydrogens (primary N) is 6. The number of hydrogen-bond acceptors (Lipinski definition) is 18. The molecule has 0 saturated carbocycles. The second kappa shape index (κ2) is 42.7. The van der Waals surface area contributed by atoms with Gasteiger partial charge in [0.2, 0.25) is 76.8 Å². The van der Waals surface area contributed by atoms with Gasteiger partial charge in [-0.05, 0) is 117 Å². The number of carbonyl (C=O) groups is 13. The summed E-state index contributed by atoms with van der Waals surface area (Å²) in [6.07, 6.45) is 4.17. The highest BCUT2D eigenvalue weighted by atomic mass is 16.3. The highest BCUT2D eigenvalue weighted by Crippen LogP contribution is 2.22. The average molecular weight is 1430 g/mol. The van der Waals surface area contributed by atoms with Crippen LogP contribution < -0.4 is 92.9 Å². The van der Waals surface area contributed by atoms with E-state index in [1.54, 1.807) is 74.8 Å². The summed E-state index contributed by atoms with van der Waals surface area (Å²) in [5, 5.41) is 40.2. The number of fused-ring (bicyclic) bond motifs is 2. The van der Waals surface area contributed by atoms with Crippen molar-refractivity contribution in [1.29, 1.82) is 0 Å². The SMILES string of the molecule is CCC(C)CCC(=O)N[C@H](CC(N)=O)C(=O)N[C@H](Cc1ccc(O)cc1)C(=O)N[C@H](Cc1c[nH]c2ccccc12)C(=O)N[C@H](CCCN)C(=O)N[C@@H](CCCN)C(=O)NCC(=O)N[C@H](CCCN)C(=O)N[C@@H](Cc1c[nH]c2ccccc12)C(=O)N[C@@H](CN)C(=O)N[C@H](C(=O)NCC(N)=O)[C@@H](C)CC. The van der Waals surface area contributed by atoms with Crippen molar-refractivity contribution in [3.63, 3.8) is 0 Å². The Kier molecular flexibility index (Phi) is 34.5. The zero-order valence-electron chi connectivity index (χ0n) is 58.8. The number of para-hydroxylation sites is 2. The predicted octanol–water partition coefficient (Wildman–Crippen LogP) is -2.61. The number of H-pyrrole nitrogens is 2. The second-order valence-electron chi connectivity index (χ2n) is 25.6. The maximum absolute atomic E-state index is 14.9. The van der Waals surface area contributed by atoms with Gasteiger partial charge in [-0.15, -0.1) is 0 Å². The Balaban J connectivity index is 1.36. The van der Waals surface area contributed by atoms with Crippen molar-refractivity contribution in [1.82, 2.24) is 68.5 Å². The molecule has 562 valence electrons. The fourth-order valence-corrected chi connectivity index (χ4v) is 11.2. The van der Waals surface area contributed by atoms with Gasteiger partial charge >= 0.3 is 0 Å². The third kappa shape index (κ3) is 27.1. The molecule has 0 spiro atoms. The van der Waals surface area contributed by atoms with Crippen LogP contribution in [-0.4, -0.2) is 186 Å². The number of benzene rings is 3. The first-order chi connectivity index (χ1) is 49.2. The minimum atomic E-state index is -1.50. The molecule has 0 saturated heterocycles. The summed E-state index contributed by atoms with van der Waals surface area (Å²) < 4.78 is 0. The van der Waals surface area contributed by atoms with Crippen molar-refractivity contribution < 1.29 is 67.4 Å². The highest BCUT2D eigenvalue weighted by Gasteiger charge is 2.36. The largest absolute Gasteiger partial charge is 0.508 e. The Hall–Kier alpha value is -10.5. The summed E-state index contributed by atoms with van der Waals surface area (Å²) in [6, 6.07) is 7.35. The first-order valence-electron chi connectivity index (χ1n) is 34.7. The normalized spacial score (nSPS) is 14.4. The minimum absolute atomic E-state index is 0.0359. The molecule has 0 aliphatic carbocycles. The zero-order chi connectivity index (χ0) is 75.7. The van der Waals surface area contributed by atoms with E-state index in [0.717, 1.165) is 6.42 Å². The fourth-order valence-electron chi connectivity index (χ4n) is 11.2. The number of hydrogen-bond donors (Lipinski definition) is 20. The van der Waals surface area contributed by atoms with Crippen molar-refractivity contribution in [2.45, 2.75) is 172 Å². The van der Waals surface area contributed by atoms with Gasteiger partial charge in [-0.2, -0.15) is 0 Å². The van der Waals surface area contributed by atoms with E-state index in [2.05, 4.69) is 68.5 Å². The molecule has 1 unspecified atom stereocenters. The monoisotopic (exact) mass is 1430 g/mol. The molecule has 26 N–H and O–H groups in total. The van der Waals surface area contributed by atoms with Crippen LogP contribution >= 0.6 is 0 Å². The van der Waals surface area contributed by atoms with E-state index in [4.69, 9.17) is 34.4 Å². The molecule has 103 heavy (non-hydrogen) atoms. The summed E-state index contributed by atoms with van der Waals surface area (Å²) in [6.45, 7) is 5.88. The first-order valence-corrected chi connectivity index (χ1v) is 34.7. The number of carbonyl (C=O) groups excluding carboxylic acids is 13. The number of amides is 13. The van der Waals surface area contributed by atoms with Gasteiger partial charge in [-0.1, -0.05) is 89.1 Å². The lowest BCUT2D eigenvalue weighted by atomic mass is 9.97. The minimum Gasteiger partial charge on any atom is -0.508 e. The number of phenols is 1. The van der Waals surface area contributed by atoms with Crippen LogP contribution in [0, 0.1) is 11.8 Å². The number of nitrogens with one attached hydrogen (secondary N) is 13. The molecular weight excluding hydrogens is 1330 g/mol. The van der Waals surface area contributed by atoms with Crippen molar-refractivity contribution in [2.24, 2.45) is 46.2 Å². The molecule has 33 heteroatoms. The third-order valence-electron chi connectivity index (χ3n) is 17.6. The molecule has 0 fully saturated rings. The maximum atomic E-state index is 14.9. The molecule has 0 aliphatic heterocycles. The molecule has 0 aliphatic rings. The van der Waals surface area contributed by atoms with Gasteiger partial charge in [-0.3, -0.25) is 62.3 Å². The van der Waals surface area contributed by atoms with Crippen LogP contribution in [0.4, 0.5) is 0 Å². The summed E-state index contributed by atoms with van der Waals surface area (Å²) in [7, 11) is 0. The molecule has 2 aromatic heterocycles. The van der Waals surface area contributed by atoms with E-state index < -0.39 is 163 Å². The Labute approximate surface area is 597 Å². The average Bonchev–Trinajstić information content (AvgIpc) is 1.73. The van der Waals surface area contributed by atoms with Gasteiger partial charge in [-0.25, -0.2) is 0 Å². The lowest BCUT2D eigenvalue weighted by Crippen LogP contribution is -2.61. The number of phenolic OH excluding ortho intramolecular Hbond substituents is 1. The van der Waals surface area contributed by atoms with E-state index in [9.17, 15) is 67.4 Å². The van der Waals surface area contributed by atoms with Crippen LogP contribution in [0.25, 0.3) is 21.8 Å². The van der Waals surface area contributed by atoms with Crippen molar-refractivity contribution >= 4 is 98.6 Å². The Morgan fingerprint density at radius 3 is 1.31 bits per heavy atom. The number of aromatic hydroxyl groups is 1. The molecular formula is C70H103N19O14. The predicted molar refractivity (Wildman–Crippen MR) is 384 cm³/mol. The van der Waals surface area contributed by atoms with Crippen LogP contribution in [0.2, 0.25) is 0 Å². The first kappa shape index (κ1) is 83.2. The van der Waals surface area contributed by atoms with Crippen LogP contribution in [0.15, 0.2) is 85.2 Å². The number of primary amides is 2. The van der Waals surface area contributed by atoms with Gasteiger partial charge in [0.15, 0.2) is 0 Å². The molecule has 5 aromatic rings. The Morgan fingerprint density at radius 1 is 0.427 bits per heavy atom. The van der Waals surface area contributed by atoms with Crippen molar-refractivity contribution in [3.8, 4) is 5.75 Å². The second-order valence-corrected chi connectivity index (χ2v) is 25.6. The van der Waals surface area contributed by atoms with Gasteiger partial charge in [0.05, 0.1) is 19.5 Å². The van der Waals surface area contributed by atoms with Crippen LogP contribution in [0.1, 0.15) is 115 Å². The Morgan fingerprint density at radius 2 is 0.845 bits per heavy atom. The molecule has 33 nitrogen and oxygen atoms in total. The molecule has 3 aromatic carbocycles. The topological polar surface area (TPSA) is 562 Å². The van der Waals surface area contributed by atoms with E-state index in [0.29, 0.717) is 51.3 Å². The zero-order valence-corrected chi connectivity index (χ0v) is 58.8. The highest BCUT2D eigenvalue weighted by molar-refractivity contribution is 6.00. The van der Waals surface area contributed by atoms with Crippen LogP contribution in [-0.2, 0) is 81.6 Å². The molecule has 0 bridgehead atoms. The smallest absolute Gasteiger partial charge is 0.244 e. The van der Waals surface area contributed by atoms with Crippen LogP contribution in [0.3, 0.4) is 0 Å². The summed E-state index contributed by atoms with van der Waals surface area (Å²) in [5.41, 5.74) is 37.5.